The lowest BCUT2D eigenvalue weighted by atomic mass is 9.98. The molecule has 1 aromatic heterocycles. The van der Waals surface area contributed by atoms with Gasteiger partial charge in [-0.15, -0.1) is 0 Å². The van der Waals surface area contributed by atoms with Crippen LogP contribution in [0.1, 0.15) is 55.0 Å². The van der Waals surface area contributed by atoms with Crippen molar-refractivity contribution in [1.82, 2.24) is 14.5 Å². The molecule has 196 valence electrons. The second-order valence-electron chi connectivity index (χ2n) is 10.7. The van der Waals surface area contributed by atoms with E-state index in [1.807, 2.05) is 55.4 Å². The first-order chi connectivity index (χ1) is 17.6. The minimum absolute atomic E-state index is 0.0517. The number of hydrogen-bond acceptors (Lipinski definition) is 5. The van der Waals surface area contributed by atoms with E-state index < -0.39 is 5.54 Å². The summed E-state index contributed by atoms with van der Waals surface area (Å²) < 4.78 is 34.0. The Labute approximate surface area is 217 Å². The minimum Gasteiger partial charge on any atom is -0.493 e. The highest BCUT2D eigenvalue weighted by molar-refractivity contribution is 5.95. The van der Waals surface area contributed by atoms with Crippen molar-refractivity contribution in [3.05, 3.63) is 58.7 Å². The highest BCUT2D eigenvalue weighted by atomic mass is 19.1. The molecular weight excluding hydrogens is 473 g/mol. The molecule has 5 rings (SSSR count). The molecule has 3 heterocycles. The average Bonchev–Trinajstić information content (AvgIpc) is 3.24. The van der Waals surface area contributed by atoms with Gasteiger partial charge in [-0.3, -0.25) is 9.36 Å². The van der Waals surface area contributed by atoms with E-state index >= 15 is 0 Å². The molecule has 8 heteroatoms. The number of carbonyl (C=O) groups is 1. The lowest BCUT2D eigenvalue weighted by Crippen LogP contribution is -2.55. The monoisotopic (exact) mass is 507 g/mol. The Morgan fingerprint density at radius 1 is 1.16 bits per heavy atom. The highest BCUT2D eigenvalue weighted by Crippen LogP contribution is 2.40. The summed E-state index contributed by atoms with van der Waals surface area (Å²) in [5.41, 5.74) is 3.84. The molecule has 0 atom stereocenters. The summed E-state index contributed by atoms with van der Waals surface area (Å²) in [6, 6.07) is 9.01. The summed E-state index contributed by atoms with van der Waals surface area (Å²) in [6.45, 7) is 11.1. The lowest BCUT2D eigenvalue weighted by molar-refractivity contribution is -0.0373. The SMILES string of the molecule is COc1cc2c(cc1OC(C)C)-n1c(-c3ccc(C)c(F)c3)nc(C(=O)N3CCOCC3(C)C)c1CC2. The standard InChI is InChI=1S/C29H34FN3O4/c1-17(2)37-25-15-23-19(14-24(25)35-6)9-10-22-26(28(34)32-11-12-36-16-29(32,4)5)31-27(33(22)23)20-8-7-18(3)21(30)13-20/h7-8,13-15,17H,9-12,16H2,1-6H3. The van der Waals surface area contributed by atoms with Crippen molar-refractivity contribution >= 4 is 5.91 Å². The number of benzene rings is 2. The Morgan fingerprint density at radius 3 is 2.62 bits per heavy atom. The van der Waals surface area contributed by atoms with Crippen LogP contribution < -0.4 is 9.47 Å². The predicted octanol–water partition coefficient (Wildman–Crippen LogP) is 5.13. The highest BCUT2D eigenvalue weighted by Gasteiger charge is 2.38. The van der Waals surface area contributed by atoms with E-state index in [0.717, 1.165) is 16.9 Å². The summed E-state index contributed by atoms with van der Waals surface area (Å²) in [5, 5.41) is 0. The Morgan fingerprint density at radius 2 is 1.95 bits per heavy atom. The van der Waals surface area contributed by atoms with Crippen LogP contribution in [0.15, 0.2) is 30.3 Å². The number of hydrogen-bond donors (Lipinski definition) is 0. The number of aromatic nitrogens is 2. The van der Waals surface area contributed by atoms with E-state index in [1.165, 1.54) is 6.07 Å². The van der Waals surface area contributed by atoms with Gasteiger partial charge in [0.2, 0.25) is 0 Å². The molecule has 2 aliphatic rings. The average molecular weight is 508 g/mol. The lowest BCUT2D eigenvalue weighted by Gasteiger charge is -2.41. The summed E-state index contributed by atoms with van der Waals surface area (Å²) in [6.07, 6.45) is 1.28. The van der Waals surface area contributed by atoms with E-state index in [0.29, 0.717) is 66.7 Å². The van der Waals surface area contributed by atoms with Crippen molar-refractivity contribution in [1.29, 1.82) is 0 Å². The maximum atomic E-state index is 14.7. The zero-order valence-corrected chi connectivity index (χ0v) is 22.4. The molecule has 1 amide bonds. The summed E-state index contributed by atoms with van der Waals surface area (Å²) in [7, 11) is 1.63. The van der Waals surface area contributed by atoms with Gasteiger partial charge in [-0.1, -0.05) is 12.1 Å². The fourth-order valence-corrected chi connectivity index (χ4v) is 5.16. The van der Waals surface area contributed by atoms with E-state index in [4.69, 9.17) is 19.2 Å². The van der Waals surface area contributed by atoms with E-state index in [9.17, 15) is 9.18 Å². The van der Waals surface area contributed by atoms with Gasteiger partial charge in [0.25, 0.3) is 5.91 Å². The zero-order chi connectivity index (χ0) is 26.5. The van der Waals surface area contributed by atoms with Crippen molar-refractivity contribution in [3.8, 4) is 28.6 Å². The molecule has 7 nitrogen and oxygen atoms in total. The summed E-state index contributed by atoms with van der Waals surface area (Å²) in [5.74, 6) is 1.36. The predicted molar refractivity (Wildman–Crippen MR) is 139 cm³/mol. The first kappa shape index (κ1) is 25.3. The van der Waals surface area contributed by atoms with Crippen LogP contribution >= 0.6 is 0 Å². The summed E-state index contributed by atoms with van der Waals surface area (Å²) >= 11 is 0. The van der Waals surface area contributed by atoms with E-state index in [-0.39, 0.29) is 17.8 Å². The number of ether oxygens (including phenoxy) is 3. The topological polar surface area (TPSA) is 65.8 Å². The molecule has 2 aliphatic heterocycles. The van der Waals surface area contributed by atoms with Crippen molar-refractivity contribution in [2.45, 2.75) is 59.1 Å². The zero-order valence-electron chi connectivity index (χ0n) is 22.4. The van der Waals surface area contributed by atoms with Crippen molar-refractivity contribution in [2.75, 3.05) is 26.9 Å². The number of amides is 1. The van der Waals surface area contributed by atoms with Crippen LogP contribution in [0.4, 0.5) is 4.39 Å². The first-order valence-electron chi connectivity index (χ1n) is 12.8. The summed E-state index contributed by atoms with van der Waals surface area (Å²) in [4.78, 5) is 20.7. The van der Waals surface area contributed by atoms with Crippen LogP contribution in [0.25, 0.3) is 17.1 Å². The number of aryl methyl sites for hydroxylation is 2. The minimum atomic E-state index is -0.458. The molecule has 0 bridgehead atoms. The molecule has 1 saturated heterocycles. The second kappa shape index (κ2) is 9.49. The quantitative estimate of drug-likeness (QED) is 0.479. The number of morpholine rings is 1. The van der Waals surface area contributed by atoms with Crippen LogP contribution in [-0.4, -0.2) is 58.9 Å². The second-order valence-corrected chi connectivity index (χ2v) is 10.7. The van der Waals surface area contributed by atoms with Crippen LogP contribution in [0.5, 0.6) is 11.5 Å². The van der Waals surface area contributed by atoms with Gasteiger partial charge in [0, 0.05) is 18.2 Å². The third kappa shape index (κ3) is 4.48. The van der Waals surface area contributed by atoms with Gasteiger partial charge in [0.05, 0.1) is 43.3 Å². The Hall–Kier alpha value is -3.39. The van der Waals surface area contributed by atoms with Gasteiger partial charge in [0.15, 0.2) is 17.2 Å². The molecule has 3 aromatic rings. The third-order valence-electron chi connectivity index (χ3n) is 7.10. The van der Waals surface area contributed by atoms with Gasteiger partial charge in [0.1, 0.15) is 11.6 Å². The number of rotatable bonds is 5. The molecule has 0 N–H and O–H groups in total. The maximum absolute atomic E-state index is 14.7. The normalized spacial score (nSPS) is 16.4. The van der Waals surface area contributed by atoms with Crippen LogP contribution in [0, 0.1) is 12.7 Å². The fraction of sp³-hybridized carbons (Fsp3) is 0.448. The van der Waals surface area contributed by atoms with E-state index in [2.05, 4.69) is 0 Å². The molecule has 0 saturated carbocycles. The molecular formula is C29H34FN3O4. The molecule has 0 aliphatic carbocycles. The third-order valence-corrected chi connectivity index (χ3v) is 7.10. The first-order valence-corrected chi connectivity index (χ1v) is 12.8. The fourth-order valence-electron chi connectivity index (χ4n) is 5.16. The van der Waals surface area contributed by atoms with Gasteiger partial charge < -0.3 is 19.1 Å². The largest absolute Gasteiger partial charge is 0.493 e. The Bertz CT molecular complexity index is 1360. The molecule has 0 radical (unpaired) electrons. The number of methoxy groups -OCH3 is 1. The maximum Gasteiger partial charge on any atom is 0.274 e. The Balaban J connectivity index is 1.73. The van der Waals surface area contributed by atoms with E-state index in [1.54, 1.807) is 20.1 Å². The van der Waals surface area contributed by atoms with Gasteiger partial charge in [-0.2, -0.15) is 0 Å². The van der Waals surface area contributed by atoms with Crippen LogP contribution in [-0.2, 0) is 17.6 Å². The van der Waals surface area contributed by atoms with Gasteiger partial charge in [-0.25, -0.2) is 9.37 Å². The van der Waals surface area contributed by atoms with Crippen molar-refractivity contribution in [3.63, 3.8) is 0 Å². The number of fused-ring (bicyclic) bond motifs is 3. The van der Waals surface area contributed by atoms with Crippen molar-refractivity contribution < 1.29 is 23.4 Å². The molecule has 37 heavy (non-hydrogen) atoms. The van der Waals surface area contributed by atoms with Crippen LogP contribution in [0.2, 0.25) is 0 Å². The Kier molecular flexibility index (Phi) is 6.48. The van der Waals surface area contributed by atoms with Crippen molar-refractivity contribution in [2.24, 2.45) is 0 Å². The number of imidazole rings is 1. The number of carbonyl (C=O) groups excluding carboxylic acids is 1. The van der Waals surface area contributed by atoms with Gasteiger partial charge in [-0.05, 0) is 70.7 Å². The van der Waals surface area contributed by atoms with Crippen LogP contribution in [0.3, 0.4) is 0 Å². The van der Waals surface area contributed by atoms with Gasteiger partial charge >= 0.3 is 0 Å². The molecule has 0 spiro atoms. The number of nitrogens with zero attached hydrogens (tertiary/aromatic N) is 3. The molecule has 0 unspecified atom stereocenters. The molecule has 1 fully saturated rings. The number of halogens is 1. The molecule has 2 aromatic carbocycles. The smallest absolute Gasteiger partial charge is 0.274 e.